The molecule has 3 nitrogen and oxygen atoms in total. The van der Waals surface area contributed by atoms with Crippen LogP contribution in [-0.2, 0) is 6.42 Å². The van der Waals surface area contributed by atoms with Gasteiger partial charge in [0.1, 0.15) is 5.82 Å². The number of nitrogens with one attached hydrogen (secondary N) is 1. The molecular weight excluding hydrogens is 377 g/mol. The molecule has 4 rings (SSSR count). The van der Waals surface area contributed by atoms with Gasteiger partial charge in [-0.05, 0) is 54.7 Å². The highest BCUT2D eigenvalue weighted by atomic mass is 32.2. The number of fused-ring (bicyclic) bond motifs is 1. The highest BCUT2D eigenvalue weighted by molar-refractivity contribution is 8.14. The van der Waals surface area contributed by atoms with Gasteiger partial charge in [0.15, 0.2) is 10.3 Å². The fourth-order valence-corrected chi connectivity index (χ4v) is 5.05. The number of hydrogen-bond acceptors (Lipinski definition) is 3. The van der Waals surface area contributed by atoms with Crippen LogP contribution in [0.2, 0.25) is 0 Å². The molecule has 0 radical (unpaired) electrons. The zero-order valence-corrected chi connectivity index (χ0v) is 16.8. The highest BCUT2D eigenvalue weighted by Gasteiger charge is 2.29. The first kappa shape index (κ1) is 18.4. The van der Waals surface area contributed by atoms with E-state index in [-0.39, 0.29) is 17.9 Å². The minimum atomic E-state index is -0.111. The van der Waals surface area contributed by atoms with E-state index < -0.39 is 0 Å². The molecule has 6 heteroatoms. The summed E-state index contributed by atoms with van der Waals surface area (Å²) in [5.74, 6) is 0.850. The van der Waals surface area contributed by atoms with Gasteiger partial charge in [0.25, 0.3) is 0 Å². The van der Waals surface area contributed by atoms with Crippen molar-refractivity contribution in [3.8, 4) is 0 Å². The predicted octanol–water partition coefficient (Wildman–Crippen LogP) is 4.85. The topological polar surface area (TPSA) is 27.6 Å². The first-order chi connectivity index (χ1) is 13.1. The highest BCUT2D eigenvalue weighted by Crippen LogP contribution is 2.37. The lowest BCUT2D eigenvalue weighted by Crippen LogP contribution is -2.41. The van der Waals surface area contributed by atoms with E-state index in [1.165, 1.54) is 11.6 Å². The molecule has 2 aromatic rings. The van der Waals surface area contributed by atoms with Crippen molar-refractivity contribution in [1.29, 1.82) is 0 Å². The second-order valence-corrected chi connectivity index (χ2v) is 8.30. The number of rotatable bonds is 3. The van der Waals surface area contributed by atoms with Crippen LogP contribution < -0.4 is 5.32 Å². The zero-order chi connectivity index (χ0) is 18.8. The Morgan fingerprint density at radius 2 is 2.07 bits per heavy atom. The zero-order valence-electron chi connectivity index (χ0n) is 15.2. The van der Waals surface area contributed by atoms with E-state index in [4.69, 9.17) is 17.2 Å². The molecule has 0 spiro atoms. The molecule has 0 amide bonds. The smallest absolute Gasteiger partial charge is 0.175 e. The average molecular weight is 400 g/mol. The summed E-state index contributed by atoms with van der Waals surface area (Å²) in [5, 5.41) is 5.07. The normalized spacial score (nSPS) is 21.3. The van der Waals surface area contributed by atoms with E-state index in [0.717, 1.165) is 41.4 Å². The molecule has 2 atom stereocenters. The maximum atomic E-state index is 14.0. The molecule has 2 aromatic carbocycles. The van der Waals surface area contributed by atoms with E-state index in [9.17, 15) is 4.39 Å². The Bertz CT molecular complexity index is 869. The van der Waals surface area contributed by atoms with Crippen molar-refractivity contribution in [3.05, 3.63) is 71.0 Å². The molecule has 0 aromatic heterocycles. The van der Waals surface area contributed by atoms with Crippen LogP contribution in [0.3, 0.4) is 0 Å². The molecule has 140 valence electrons. The van der Waals surface area contributed by atoms with Gasteiger partial charge >= 0.3 is 0 Å². The van der Waals surface area contributed by atoms with Gasteiger partial charge in [-0.25, -0.2) is 4.39 Å². The van der Waals surface area contributed by atoms with Gasteiger partial charge in [-0.1, -0.05) is 54.2 Å². The number of thioether (sulfide) groups is 1. The van der Waals surface area contributed by atoms with Gasteiger partial charge in [-0.3, -0.25) is 9.89 Å². The SMILES string of the molecule is CC(NC(=S)N1CCS/C1=N\C1CCc2c(F)cccc21)c1ccccc1. The standard InChI is InChI=1S/C21H22FN3S2/c1-14(15-6-3-2-4-7-15)23-20(26)25-12-13-27-21(25)24-19-11-10-16-17(19)8-5-9-18(16)22/h2-9,14,19H,10-13H2,1H3,(H,23,26)/b24-21-. The number of halogens is 1. The fraction of sp³-hybridized carbons (Fsp3) is 0.333. The molecule has 1 saturated heterocycles. The fourth-order valence-electron chi connectivity index (χ4n) is 3.64. The molecule has 1 heterocycles. The second kappa shape index (κ2) is 7.98. The van der Waals surface area contributed by atoms with Crippen LogP contribution in [0.5, 0.6) is 0 Å². The summed E-state index contributed by atoms with van der Waals surface area (Å²) >= 11 is 7.39. The Hall–Kier alpha value is -1.92. The number of hydrogen-bond donors (Lipinski definition) is 1. The minimum Gasteiger partial charge on any atom is -0.356 e. The first-order valence-corrected chi connectivity index (χ1v) is 10.6. The third-order valence-electron chi connectivity index (χ3n) is 5.11. The van der Waals surface area contributed by atoms with Crippen molar-refractivity contribution in [1.82, 2.24) is 10.2 Å². The van der Waals surface area contributed by atoms with Crippen LogP contribution in [0.1, 0.15) is 42.1 Å². The summed E-state index contributed by atoms with van der Waals surface area (Å²) in [7, 11) is 0. The molecular formula is C21H22FN3S2. The Balaban J connectivity index is 1.49. The van der Waals surface area contributed by atoms with E-state index in [2.05, 4.69) is 29.3 Å². The van der Waals surface area contributed by atoms with E-state index >= 15 is 0 Å². The van der Waals surface area contributed by atoms with Crippen LogP contribution in [0, 0.1) is 5.82 Å². The largest absolute Gasteiger partial charge is 0.356 e. The third kappa shape index (κ3) is 3.87. The Morgan fingerprint density at radius 3 is 2.89 bits per heavy atom. The van der Waals surface area contributed by atoms with Crippen LogP contribution in [-0.4, -0.2) is 27.5 Å². The number of benzene rings is 2. The van der Waals surface area contributed by atoms with Crippen molar-refractivity contribution >= 4 is 34.3 Å². The van der Waals surface area contributed by atoms with Crippen LogP contribution in [0.25, 0.3) is 0 Å². The van der Waals surface area contributed by atoms with Crippen molar-refractivity contribution in [2.24, 2.45) is 4.99 Å². The van der Waals surface area contributed by atoms with E-state index in [0.29, 0.717) is 5.11 Å². The molecule has 1 aliphatic heterocycles. The molecule has 1 N–H and O–H groups in total. The van der Waals surface area contributed by atoms with Crippen molar-refractivity contribution in [3.63, 3.8) is 0 Å². The molecule has 1 aliphatic carbocycles. The number of aliphatic imine (C=N–C) groups is 1. The number of thiocarbonyl (C=S) groups is 1. The van der Waals surface area contributed by atoms with Gasteiger partial charge < -0.3 is 5.32 Å². The molecule has 2 unspecified atom stereocenters. The summed E-state index contributed by atoms with van der Waals surface area (Å²) in [5.41, 5.74) is 3.04. The van der Waals surface area contributed by atoms with Crippen LogP contribution >= 0.6 is 24.0 Å². The predicted molar refractivity (Wildman–Crippen MR) is 115 cm³/mol. The summed E-state index contributed by atoms with van der Waals surface area (Å²) < 4.78 is 14.0. The quantitative estimate of drug-likeness (QED) is 0.747. The van der Waals surface area contributed by atoms with E-state index in [1.807, 2.05) is 24.3 Å². The summed E-state index contributed by atoms with van der Waals surface area (Å²) in [4.78, 5) is 7.03. The lowest BCUT2D eigenvalue weighted by atomic mass is 10.1. The number of amidine groups is 1. The third-order valence-corrected chi connectivity index (χ3v) is 6.42. The second-order valence-electron chi connectivity index (χ2n) is 6.86. The molecule has 2 aliphatic rings. The molecule has 0 bridgehead atoms. The molecule has 1 fully saturated rings. The minimum absolute atomic E-state index is 0.0214. The lowest BCUT2D eigenvalue weighted by molar-refractivity contribution is 0.602. The first-order valence-electron chi connectivity index (χ1n) is 9.24. The van der Waals surface area contributed by atoms with Crippen molar-refractivity contribution in [2.45, 2.75) is 31.8 Å². The van der Waals surface area contributed by atoms with Gasteiger partial charge in [-0.15, -0.1) is 0 Å². The summed E-state index contributed by atoms with van der Waals surface area (Å²) in [6.07, 6.45) is 1.61. The maximum Gasteiger partial charge on any atom is 0.175 e. The Morgan fingerprint density at radius 1 is 1.26 bits per heavy atom. The van der Waals surface area contributed by atoms with Crippen LogP contribution in [0.4, 0.5) is 4.39 Å². The molecule has 0 saturated carbocycles. The van der Waals surface area contributed by atoms with Gasteiger partial charge in [0.2, 0.25) is 0 Å². The summed E-state index contributed by atoms with van der Waals surface area (Å²) in [6.45, 7) is 2.96. The van der Waals surface area contributed by atoms with Gasteiger partial charge in [0, 0.05) is 12.3 Å². The van der Waals surface area contributed by atoms with Crippen molar-refractivity contribution < 1.29 is 4.39 Å². The van der Waals surface area contributed by atoms with Crippen LogP contribution in [0.15, 0.2) is 53.5 Å². The monoisotopic (exact) mass is 399 g/mol. The number of nitrogens with zero attached hydrogens (tertiary/aromatic N) is 2. The Kier molecular flexibility index (Phi) is 5.45. The molecule has 27 heavy (non-hydrogen) atoms. The Labute approximate surface area is 169 Å². The van der Waals surface area contributed by atoms with Gasteiger partial charge in [0.05, 0.1) is 12.1 Å². The van der Waals surface area contributed by atoms with Crippen molar-refractivity contribution in [2.75, 3.05) is 12.3 Å². The average Bonchev–Trinajstić information content (AvgIpc) is 3.31. The summed E-state index contributed by atoms with van der Waals surface area (Å²) in [6, 6.07) is 15.7. The lowest BCUT2D eigenvalue weighted by Gasteiger charge is -2.24. The van der Waals surface area contributed by atoms with Gasteiger partial charge in [-0.2, -0.15) is 0 Å². The maximum absolute atomic E-state index is 14.0. The van der Waals surface area contributed by atoms with E-state index in [1.54, 1.807) is 17.8 Å².